The van der Waals surface area contributed by atoms with Gasteiger partial charge in [-0.2, -0.15) is 0 Å². The molecule has 0 radical (unpaired) electrons. The Labute approximate surface area is 128 Å². The Morgan fingerprint density at radius 3 is 2.90 bits per heavy atom. The number of nitrogens with zero attached hydrogens (tertiary/aromatic N) is 1. The van der Waals surface area contributed by atoms with E-state index in [2.05, 4.69) is 40.1 Å². The number of rotatable bonds is 3. The van der Waals surface area contributed by atoms with Crippen molar-refractivity contribution in [1.29, 1.82) is 0 Å². The second kappa shape index (κ2) is 5.82. The smallest absolute Gasteiger partial charge is 0.271 e. The highest BCUT2D eigenvalue weighted by molar-refractivity contribution is 9.10. The second-order valence-electron chi connectivity index (χ2n) is 6.44. The molecule has 0 unspecified atom stereocenters. The number of hydrogen-bond donors (Lipinski definition) is 2. The van der Waals surface area contributed by atoms with Gasteiger partial charge in [0.05, 0.1) is 5.60 Å². The molecule has 2 rings (SSSR count). The maximum atomic E-state index is 12.1. The molecule has 1 aliphatic carbocycles. The van der Waals surface area contributed by atoms with Gasteiger partial charge >= 0.3 is 0 Å². The number of halogens is 1. The fourth-order valence-electron chi connectivity index (χ4n) is 3.00. The van der Waals surface area contributed by atoms with E-state index in [9.17, 15) is 9.90 Å². The zero-order valence-electron chi connectivity index (χ0n) is 11.9. The lowest BCUT2D eigenvalue weighted by molar-refractivity contribution is -0.0362. The molecule has 1 saturated carbocycles. The van der Waals surface area contributed by atoms with Crippen LogP contribution in [0, 0.1) is 5.41 Å². The summed E-state index contributed by atoms with van der Waals surface area (Å²) in [5.41, 5.74) is -0.326. The number of aromatic nitrogens is 1. The molecule has 0 bridgehead atoms. The van der Waals surface area contributed by atoms with E-state index in [-0.39, 0.29) is 17.9 Å². The van der Waals surface area contributed by atoms with Crippen molar-refractivity contribution in [1.82, 2.24) is 10.3 Å². The molecule has 0 saturated heterocycles. The molecule has 2 N–H and O–H groups in total. The number of pyridine rings is 1. The molecule has 0 aromatic carbocycles. The highest BCUT2D eigenvalue weighted by Crippen LogP contribution is 2.40. The van der Waals surface area contributed by atoms with Gasteiger partial charge in [-0.3, -0.25) is 4.79 Å². The Kier molecular flexibility index (Phi) is 4.49. The Balaban J connectivity index is 1.98. The van der Waals surface area contributed by atoms with E-state index in [1.165, 1.54) is 0 Å². The molecule has 0 aliphatic heterocycles. The van der Waals surface area contributed by atoms with Gasteiger partial charge < -0.3 is 10.4 Å². The topological polar surface area (TPSA) is 62.2 Å². The van der Waals surface area contributed by atoms with Crippen molar-refractivity contribution in [3.8, 4) is 0 Å². The Hall–Kier alpha value is -0.940. The number of carbonyl (C=O) groups excluding carboxylic acids is 1. The summed E-state index contributed by atoms with van der Waals surface area (Å²) in [7, 11) is 0. The predicted molar refractivity (Wildman–Crippen MR) is 81.5 cm³/mol. The lowest BCUT2D eigenvalue weighted by Crippen LogP contribution is -2.48. The van der Waals surface area contributed by atoms with Crippen LogP contribution in [0.15, 0.2) is 22.8 Å². The molecule has 0 spiro atoms. The van der Waals surface area contributed by atoms with Crippen LogP contribution in [0.4, 0.5) is 0 Å². The minimum absolute atomic E-state index is 0.128. The third-order valence-corrected chi connectivity index (χ3v) is 4.49. The fourth-order valence-corrected chi connectivity index (χ4v) is 3.43. The van der Waals surface area contributed by atoms with Crippen LogP contribution in [0.3, 0.4) is 0 Å². The Morgan fingerprint density at radius 2 is 2.25 bits per heavy atom. The van der Waals surface area contributed by atoms with Crippen LogP contribution in [0.25, 0.3) is 0 Å². The number of aliphatic hydroxyl groups is 1. The summed E-state index contributed by atoms with van der Waals surface area (Å²) < 4.78 is 0.661. The zero-order valence-corrected chi connectivity index (χ0v) is 13.5. The van der Waals surface area contributed by atoms with Crippen LogP contribution < -0.4 is 5.32 Å². The summed E-state index contributed by atoms with van der Waals surface area (Å²) in [5, 5.41) is 13.4. The van der Waals surface area contributed by atoms with E-state index in [1.54, 1.807) is 18.3 Å². The molecule has 1 aliphatic rings. The van der Waals surface area contributed by atoms with Gasteiger partial charge in [0.2, 0.25) is 0 Å². The van der Waals surface area contributed by atoms with Crippen molar-refractivity contribution in [2.24, 2.45) is 5.41 Å². The molecule has 1 fully saturated rings. The second-order valence-corrected chi connectivity index (χ2v) is 7.29. The highest BCUT2D eigenvalue weighted by Gasteiger charge is 2.38. The monoisotopic (exact) mass is 340 g/mol. The lowest BCUT2D eigenvalue weighted by Gasteiger charge is -2.41. The van der Waals surface area contributed by atoms with Crippen molar-refractivity contribution in [3.05, 3.63) is 28.5 Å². The van der Waals surface area contributed by atoms with Crippen LogP contribution in [0.5, 0.6) is 0 Å². The molecule has 110 valence electrons. The average molecular weight is 341 g/mol. The minimum atomic E-state index is -0.807. The number of amides is 1. The Bertz CT molecular complexity index is 504. The lowest BCUT2D eigenvalue weighted by atomic mass is 9.70. The van der Waals surface area contributed by atoms with Crippen molar-refractivity contribution >= 4 is 21.8 Å². The molecule has 5 heteroatoms. The number of nitrogens with one attached hydrogen (secondary N) is 1. The molecule has 20 heavy (non-hydrogen) atoms. The summed E-state index contributed by atoms with van der Waals surface area (Å²) in [6.45, 7) is 4.60. The maximum absolute atomic E-state index is 12.1. The van der Waals surface area contributed by atoms with E-state index in [4.69, 9.17) is 0 Å². The third kappa shape index (κ3) is 3.79. The van der Waals surface area contributed by atoms with Gasteiger partial charge in [-0.25, -0.2) is 4.98 Å². The molecule has 1 amide bonds. The summed E-state index contributed by atoms with van der Waals surface area (Å²) in [4.78, 5) is 16.1. The van der Waals surface area contributed by atoms with Crippen LogP contribution in [0.2, 0.25) is 0 Å². The van der Waals surface area contributed by atoms with Gasteiger partial charge in [-0.05, 0) is 59.2 Å². The van der Waals surface area contributed by atoms with Crippen molar-refractivity contribution in [2.45, 2.75) is 45.1 Å². The molecule has 4 nitrogen and oxygen atoms in total. The minimum Gasteiger partial charge on any atom is -0.388 e. The SMILES string of the molecule is CC1(C)CCC[C@](O)(CNC(=O)c2ncccc2Br)C1. The van der Waals surface area contributed by atoms with Crippen molar-refractivity contribution in [3.63, 3.8) is 0 Å². The van der Waals surface area contributed by atoms with E-state index in [0.29, 0.717) is 16.6 Å². The van der Waals surface area contributed by atoms with Gasteiger partial charge in [-0.15, -0.1) is 0 Å². The quantitative estimate of drug-likeness (QED) is 0.889. The summed E-state index contributed by atoms with van der Waals surface area (Å²) in [6, 6.07) is 3.54. The average Bonchev–Trinajstić information content (AvgIpc) is 2.35. The van der Waals surface area contributed by atoms with Gasteiger partial charge in [0.25, 0.3) is 5.91 Å². The summed E-state index contributed by atoms with van der Waals surface area (Å²) in [5.74, 6) is -0.255. The predicted octanol–water partition coefficient (Wildman–Crippen LogP) is 2.91. The number of hydrogen-bond acceptors (Lipinski definition) is 3. The maximum Gasteiger partial charge on any atom is 0.271 e. The fraction of sp³-hybridized carbons (Fsp3) is 0.600. The van der Waals surface area contributed by atoms with Crippen LogP contribution in [0.1, 0.15) is 50.0 Å². The van der Waals surface area contributed by atoms with Crippen LogP contribution >= 0.6 is 15.9 Å². The van der Waals surface area contributed by atoms with Gasteiger partial charge in [0.1, 0.15) is 5.69 Å². The van der Waals surface area contributed by atoms with E-state index >= 15 is 0 Å². The number of carbonyl (C=O) groups is 1. The Morgan fingerprint density at radius 1 is 1.50 bits per heavy atom. The van der Waals surface area contributed by atoms with Crippen LogP contribution in [-0.2, 0) is 0 Å². The molecule has 1 aromatic rings. The molecular weight excluding hydrogens is 320 g/mol. The summed E-state index contributed by atoms with van der Waals surface area (Å²) in [6.07, 6.45) is 5.14. The van der Waals surface area contributed by atoms with Gasteiger partial charge in [0.15, 0.2) is 0 Å². The standard InChI is InChI=1S/C15H21BrN2O2/c1-14(2)6-4-7-15(20,9-14)10-18-13(19)12-11(16)5-3-8-17-12/h3,5,8,20H,4,6-7,9-10H2,1-2H3,(H,18,19)/t15-/m1/s1. The first-order valence-electron chi connectivity index (χ1n) is 6.93. The van der Waals surface area contributed by atoms with Crippen molar-refractivity contribution in [2.75, 3.05) is 6.54 Å². The molecular formula is C15H21BrN2O2. The first-order valence-corrected chi connectivity index (χ1v) is 7.72. The third-order valence-electron chi connectivity index (χ3n) is 3.85. The van der Waals surface area contributed by atoms with E-state index < -0.39 is 5.60 Å². The molecule has 1 atom stereocenters. The van der Waals surface area contributed by atoms with Gasteiger partial charge in [-0.1, -0.05) is 13.8 Å². The van der Waals surface area contributed by atoms with E-state index in [0.717, 1.165) is 19.3 Å². The normalized spacial score (nSPS) is 25.2. The molecule has 1 aromatic heterocycles. The van der Waals surface area contributed by atoms with Gasteiger partial charge in [0, 0.05) is 17.2 Å². The molecule has 1 heterocycles. The highest BCUT2D eigenvalue weighted by atomic mass is 79.9. The van der Waals surface area contributed by atoms with Crippen molar-refractivity contribution < 1.29 is 9.90 Å². The first kappa shape index (κ1) is 15.4. The van der Waals surface area contributed by atoms with Crippen LogP contribution in [-0.4, -0.2) is 28.1 Å². The zero-order chi connectivity index (χ0) is 14.8. The van der Waals surface area contributed by atoms with E-state index in [1.807, 2.05) is 0 Å². The first-order chi connectivity index (χ1) is 9.31. The largest absolute Gasteiger partial charge is 0.388 e. The summed E-state index contributed by atoms with van der Waals surface area (Å²) >= 11 is 3.31.